The molecule has 6 heteroatoms. The largest absolute Gasteiger partial charge is 0.398 e. The standard InChI is InChI=1S/C17H23ClN4O/c1-3-5-9-22(8-4-2)12-13(11-19)17(23)21-14-6-7-16(20)15(18)10-14/h6-7,10,12H,3-5,8-9,20H2,1-2H3,(H,21,23)/b13-12-. The van der Waals surface area contributed by atoms with E-state index in [4.69, 9.17) is 17.3 Å². The number of hydrogen-bond donors (Lipinski definition) is 2. The molecule has 1 amide bonds. The van der Waals surface area contributed by atoms with Crippen molar-refractivity contribution in [3.8, 4) is 6.07 Å². The van der Waals surface area contributed by atoms with Crippen LogP contribution in [0.2, 0.25) is 5.02 Å². The van der Waals surface area contributed by atoms with Gasteiger partial charge in [-0.3, -0.25) is 4.79 Å². The lowest BCUT2D eigenvalue weighted by Crippen LogP contribution is -2.23. The summed E-state index contributed by atoms with van der Waals surface area (Å²) in [6.07, 6.45) is 4.66. The Hall–Kier alpha value is -2.19. The lowest BCUT2D eigenvalue weighted by atomic mass is 10.2. The number of nitrogens with two attached hydrogens (primary N) is 1. The van der Waals surface area contributed by atoms with E-state index in [0.29, 0.717) is 16.4 Å². The average molecular weight is 335 g/mol. The summed E-state index contributed by atoms with van der Waals surface area (Å²) in [5, 5.41) is 12.3. The zero-order valence-electron chi connectivity index (χ0n) is 13.6. The summed E-state index contributed by atoms with van der Waals surface area (Å²) in [7, 11) is 0. The molecule has 0 spiro atoms. The van der Waals surface area contributed by atoms with E-state index in [0.717, 1.165) is 32.4 Å². The van der Waals surface area contributed by atoms with Crippen LogP contribution in [0.4, 0.5) is 11.4 Å². The fraction of sp³-hybridized carbons (Fsp3) is 0.412. The molecule has 1 aromatic rings. The van der Waals surface area contributed by atoms with Gasteiger partial charge in [-0.2, -0.15) is 5.26 Å². The van der Waals surface area contributed by atoms with Crippen molar-refractivity contribution in [1.82, 2.24) is 4.90 Å². The predicted molar refractivity (Wildman–Crippen MR) is 95.0 cm³/mol. The van der Waals surface area contributed by atoms with Crippen LogP contribution >= 0.6 is 11.6 Å². The molecule has 0 aromatic heterocycles. The first kappa shape index (κ1) is 18.9. The predicted octanol–water partition coefficient (Wildman–Crippen LogP) is 3.78. The molecule has 0 radical (unpaired) electrons. The number of carbonyl (C=O) groups excluding carboxylic acids is 1. The lowest BCUT2D eigenvalue weighted by Gasteiger charge is -2.19. The Bertz CT molecular complexity index is 607. The number of hydrogen-bond acceptors (Lipinski definition) is 4. The topological polar surface area (TPSA) is 82.2 Å². The first-order chi connectivity index (χ1) is 11.0. The van der Waals surface area contributed by atoms with E-state index < -0.39 is 5.91 Å². The maximum atomic E-state index is 12.3. The third-order valence-corrected chi connectivity index (χ3v) is 3.57. The normalized spacial score (nSPS) is 11.0. The van der Waals surface area contributed by atoms with Gasteiger partial charge in [0, 0.05) is 25.0 Å². The van der Waals surface area contributed by atoms with E-state index in [9.17, 15) is 10.1 Å². The van der Waals surface area contributed by atoms with Crippen molar-refractivity contribution in [2.24, 2.45) is 0 Å². The Kier molecular flexibility index (Phi) is 8.00. The molecule has 124 valence electrons. The van der Waals surface area contributed by atoms with Crippen LogP contribution in [-0.2, 0) is 4.79 Å². The number of carbonyl (C=O) groups is 1. The molecule has 0 saturated heterocycles. The number of rotatable bonds is 8. The van der Waals surface area contributed by atoms with Crippen molar-refractivity contribution in [3.05, 3.63) is 35.0 Å². The molecule has 3 N–H and O–H groups in total. The number of halogens is 1. The second-order valence-electron chi connectivity index (χ2n) is 5.23. The van der Waals surface area contributed by atoms with Crippen molar-refractivity contribution in [1.29, 1.82) is 5.26 Å². The second kappa shape index (κ2) is 9.75. The highest BCUT2D eigenvalue weighted by molar-refractivity contribution is 6.33. The molecule has 0 bridgehead atoms. The zero-order chi connectivity index (χ0) is 17.2. The molecule has 23 heavy (non-hydrogen) atoms. The quantitative estimate of drug-likeness (QED) is 0.430. The molecule has 1 aromatic carbocycles. The van der Waals surface area contributed by atoms with Crippen LogP contribution in [0.25, 0.3) is 0 Å². The van der Waals surface area contributed by atoms with Gasteiger partial charge in [-0.1, -0.05) is 31.9 Å². The molecule has 0 heterocycles. The molecule has 0 saturated carbocycles. The maximum absolute atomic E-state index is 12.3. The van der Waals surface area contributed by atoms with Crippen LogP contribution in [-0.4, -0.2) is 23.9 Å². The molecule has 0 aliphatic heterocycles. The number of nitriles is 1. The molecule has 0 aliphatic carbocycles. The number of benzene rings is 1. The van der Waals surface area contributed by atoms with Crippen molar-refractivity contribution < 1.29 is 4.79 Å². The van der Waals surface area contributed by atoms with Crippen LogP contribution in [0.3, 0.4) is 0 Å². The number of unbranched alkanes of at least 4 members (excludes halogenated alkanes) is 1. The number of anilines is 2. The molecule has 0 fully saturated rings. The summed E-state index contributed by atoms with van der Waals surface area (Å²) in [4.78, 5) is 14.3. The van der Waals surface area contributed by atoms with Crippen LogP contribution in [0.5, 0.6) is 0 Å². The summed E-state index contributed by atoms with van der Waals surface area (Å²) < 4.78 is 0. The number of amides is 1. The van der Waals surface area contributed by atoms with Crippen LogP contribution < -0.4 is 11.1 Å². The molecule has 0 atom stereocenters. The fourth-order valence-electron chi connectivity index (χ4n) is 2.01. The van der Waals surface area contributed by atoms with E-state index in [1.165, 1.54) is 0 Å². The van der Waals surface area contributed by atoms with Gasteiger partial charge in [-0.05, 0) is 31.0 Å². The zero-order valence-corrected chi connectivity index (χ0v) is 14.4. The Morgan fingerprint density at radius 2 is 2.13 bits per heavy atom. The monoisotopic (exact) mass is 334 g/mol. The third-order valence-electron chi connectivity index (χ3n) is 3.24. The Balaban J connectivity index is 2.85. The number of nitrogen functional groups attached to an aromatic ring is 1. The first-order valence-corrected chi connectivity index (χ1v) is 8.11. The van der Waals surface area contributed by atoms with Gasteiger partial charge in [0.25, 0.3) is 5.91 Å². The van der Waals surface area contributed by atoms with Gasteiger partial charge in [-0.25, -0.2) is 0 Å². The third kappa shape index (κ3) is 6.21. The van der Waals surface area contributed by atoms with Crippen molar-refractivity contribution >= 4 is 28.9 Å². The van der Waals surface area contributed by atoms with Gasteiger partial charge < -0.3 is 16.0 Å². The summed E-state index contributed by atoms with van der Waals surface area (Å²) in [6.45, 7) is 5.81. The van der Waals surface area contributed by atoms with Crippen molar-refractivity contribution in [2.45, 2.75) is 33.1 Å². The molecule has 0 aliphatic rings. The van der Waals surface area contributed by atoms with E-state index >= 15 is 0 Å². The van der Waals surface area contributed by atoms with Crippen LogP contribution in [0, 0.1) is 11.3 Å². The minimum atomic E-state index is -0.453. The van der Waals surface area contributed by atoms with Crippen LogP contribution in [0.15, 0.2) is 30.0 Å². The van der Waals surface area contributed by atoms with E-state index in [-0.39, 0.29) is 5.57 Å². The molecular formula is C17H23ClN4O. The SMILES string of the molecule is CCCCN(/C=C(/C#N)C(=O)Nc1ccc(N)c(Cl)c1)CCC. The van der Waals surface area contributed by atoms with Gasteiger partial charge in [0.15, 0.2) is 0 Å². The highest BCUT2D eigenvalue weighted by Gasteiger charge is 2.12. The summed E-state index contributed by atoms with van der Waals surface area (Å²) in [6, 6.07) is 6.78. The minimum absolute atomic E-state index is 0.0718. The Morgan fingerprint density at radius 3 is 2.70 bits per heavy atom. The highest BCUT2D eigenvalue weighted by Crippen LogP contribution is 2.22. The molecule has 1 rings (SSSR count). The van der Waals surface area contributed by atoms with Gasteiger partial charge >= 0.3 is 0 Å². The lowest BCUT2D eigenvalue weighted by molar-refractivity contribution is -0.112. The fourth-order valence-corrected chi connectivity index (χ4v) is 2.19. The smallest absolute Gasteiger partial charge is 0.267 e. The summed E-state index contributed by atoms with van der Waals surface area (Å²) in [5.41, 5.74) is 6.65. The van der Waals surface area contributed by atoms with Crippen molar-refractivity contribution in [2.75, 3.05) is 24.1 Å². The number of nitrogens with one attached hydrogen (secondary N) is 1. The molecular weight excluding hydrogens is 312 g/mol. The van der Waals surface area contributed by atoms with Crippen LogP contribution in [0.1, 0.15) is 33.1 Å². The maximum Gasteiger partial charge on any atom is 0.267 e. The van der Waals surface area contributed by atoms with Crippen molar-refractivity contribution in [3.63, 3.8) is 0 Å². The molecule has 0 unspecified atom stereocenters. The Labute approximate surface area is 142 Å². The Morgan fingerprint density at radius 1 is 1.39 bits per heavy atom. The summed E-state index contributed by atoms with van der Waals surface area (Å²) in [5.74, 6) is -0.453. The summed E-state index contributed by atoms with van der Waals surface area (Å²) >= 11 is 5.93. The van der Waals surface area contributed by atoms with Gasteiger partial charge in [0.2, 0.25) is 0 Å². The van der Waals surface area contributed by atoms with Gasteiger partial charge in [0.05, 0.1) is 10.7 Å². The van der Waals surface area contributed by atoms with E-state index in [2.05, 4.69) is 19.2 Å². The average Bonchev–Trinajstić information content (AvgIpc) is 2.53. The second-order valence-corrected chi connectivity index (χ2v) is 5.64. The number of nitrogens with zero attached hydrogens (tertiary/aromatic N) is 2. The first-order valence-electron chi connectivity index (χ1n) is 7.74. The van der Waals surface area contributed by atoms with E-state index in [1.807, 2.05) is 11.0 Å². The highest BCUT2D eigenvalue weighted by atomic mass is 35.5. The van der Waals surface area contributed by atoms with E-state index in [1.54, 1.807) is 24.4 Å². The molecule has 5 nitrogen and oxygen atoms in total. The van der Waals surface area contributed by atoms with Gasteiger partial charge in [-0.15, -0.1) is 0 Å². The van der Waals surface area contributed by atoms with Gasteiger partial charge in [0.1, 0.15) is 11.6 Å². The minimum Gasteiger partial charge on any atom is -0.398 e.